The van der Waals surface area contributed by atoms with Crippen LogP contribution in [-0.4, -0.2) is 17.7 Å². The van der Waals surface area contributed by atoms with Crippen molar-refractivity contribution in [2.45, 2.75) is 25.8 Å². The first kappa shape index (κ1) is 16.7. The van der Waals surface area contributed by atoms with E-state index in [2.05, 4.69) is 10.6 Å². The Morgan fingerprint density at radius 3 is 2.48 bits per heavy atom. The third kappa shape index (κ3) is 4.03. The Balaban J connectivity index is 1.66. The highest BCUT2D eigenvalue weighted by Gasteiger charge is 2.15. The van der Waals surface area contributed by atoms with Crippen LogP contribution in [0, 0.1) is 0 Å². The van der Waals surface area contributed by atoms with Gasteiger partial charge in [-0.1, -0.05) is 12.1 Å². The number of rotatable bonds is 4. The number of aryl methyl sites for hydroxylation is 1. The number of primary amides is 1. The molecule has 1 heterocycles. The van der Waals surface area contributed by atoms with Gasteiger partial charge in [0.05, 0.1) is 0 Å². The van der Waals surface area contributed by atoms with Gasteiger partial charge in [0.2, 0.25) is 11.8 Å². The zero-order valence-corrected chi connectivity index (χ0v) is 13.7. The highest BCUT2D eigenvalue weighted by atomic mass is 16.2. The van der Waals surface area contributed by atoms with Crippen molar-refractivity contribution in [1.29, 1.82) is 0 Å². The van der Waals surface area contributed by atoms with Gasteiger partial charge < -0.3 is 16.4 Å². The molecule has 0 radical (unpaired) electrons. The first-order valence-corrected chi connectivity index (χ1v) is 8.12. The SMILES string of the molecule is NC(=O)c1ccc(CNC(=O)c2ccc3c(c2)CCCC(=O)N3)cc1. The number of amides is 3. The normalized spacial score (nSPS) is 13.4. The molecule has 0 fully saturated rings. The van der Waals surface area contributed by atoms with E-state index < -0.39 is 5.91 Å². The number of anilines is 1. The molecule has 3 amide bonds. The molecule has 4 N–H and O–H groups in total. The number of benzene rings is 2. The van der Waals surface area contributed by atoms with Crippen LogP contribution in [0.1, 0.15) is 44.7 Å². The van der Waals surface area contributed by atoms with Gasteiger partial charge in [0.1, 0.15) is 0 Å². The molecule has 0 aromatic heterocycles. The molecule has 6 heteroatoms. The van der Waals surface area contributed by atoms with Crippen molar-refractivity contribution in [2.24, 2.45) is 5.73 Å². The van der Waals surface area contributed by atoms with Gasteiger partial charge in [-0.15, -0.1) is 0 Å². The number of nitrogens with one attached hydrogen (secondary N) is 2. The molecule has 3 rings (SSSR count). The van der Waals surface area contributed by atoms with Crippen LogP contribution in [0.4, 0.5) is 5.69 Å². The van der Waals surface area contributed by atoms with E-state index in [4.69, 9.17) is 5.73 Å². The summed E-state index contributed by atoms with van der Waals surface area (Å²) in [6, 6.07) is 12.1. The molecule has 6 nitrogen and oxygen atoms in total. The van der Waals surface area contributed by atoms with E-state index in [9.17, 15) is 14.4 Å². The summed E-state index contributed by atoms with van der Waals surface area (Å²) in [5, 5.41) is 5.71. The standard InChI is InChI=1S/C19H19N3O3/c20-18(24)13-6-4-12(5-7-13)11-21-19(25)15-8-9-16-14(10-15)2-1-3-17(23)22-16/h4-10H,1-3,11H2,(H2,20,24)(H,21,25)(H,22,23). The number of nitrogens with two attached hydrogens (primary N) is 1. The Kier molecular flexibility index (Phi) is 4.79. The minimum Gasteiger partial charge on any atom is -0.366 e. The Hall–Kier alpha value is -3.15. The quantitative estimate of drug-likeness (QED) is 0.795. The fourth-order valence-corrected chi connectivity index (χ4v) is 2.79. The Morgan fingerprint density at radius 2 is 1.76 bits per heavy atom. The van der Waals surface area contributed by atoms with Gasteiger partial charge in [0, 0.05) is 29.8 Å². The first-order chi connectivity index (χ1) is 12.0. The van der Waals surface area contributed by atoms with Crippen molar-refractivity contribution in [3.05, 3.63) is 64.7 Å². The van der Waals surface area contributed by atoms with Gasteiger partial charge in [-0.2, -0.15) is 0 Å². The molecule has 0 atom stereocenters. The summed E-state index contributed by atoms with van der Waals surface area (Å²) >= 11 is 0. The highest BCUT2D eigenvalue weighted by molar-refractivity contribution is 5.97. The second-order valence-electron chi connectivity index (χ2n) is 6.02. The van der Waals surface area contributed by atoms with Crippen molar-refractivity contribution in [3.8, 4) is 0 Å². The monoisotopic (exact) mass is 337 g/mol. The van der Waals surface area contributed by atoms with Crippen LogP contribution < -0.4 is 16.4 Å². The van der Waals surface area contributed by atoms with Gasteiger partial charge in [0.25, 0.3) is 5.91 Å². The first-order valence-electron chi connectivity index (χ1n) is 8.12. The van der Waals surface area contributed by atoms with Gasteiger partial charge in [-0.25, -0.2) is 0 Å². The summed E-state index contributed by atoms with van der Waals surface area (Å²) in [6.07, 6.45) is 2.04. The molecular weight excluding hydrogens is 318 g/mol. The van der Waals surface area contributed by atoms with E-state index in [0.717, 1.165) is 29.7 Å². The third-order valence-electron chi connectivity index (χ3n) is 4.18. The minimum absolute atomic E-state index is 0.00959. The summed E-state index contributed by atoms with van der Waals surface area (Å²) < 4.78 is 0. The van der Waals surface area contributed by atoms with E-state index in [1.165, 1.54) is 0 Å². The molecule has 1 aliphatic rings. The second kappa shape index (κ2) is 7.17. The van der Waals surface area contributed by atoms with E-state index in [-0.39, 0.29) is 11.8 Å². The average molecular weight is 337 g/mol. The molecule has 0 spiro atoms. The van der Waals surface area contributed by atoms with Crippen LogP contribution in [0.2, 0.25) is 0 Å². The maximum absolute atomic E-state index is 12.4. The summed E-state index contributed by atoms with van der Waals surface area (Å²) in [7, 11) is 0. The zero-order chi connectivity index (χ0) is 17.8. The lowest BCUT2D eigenvalue weighted by molar-refractivity contribution is -0.116. The van der Waals surface area contributed by atoms with Crippen LogP contribution in [0.15, 0.2) is 42.5 Å². The van der Waals surface area contributed by atoms with Gasteiger partial charge in [0.15, 0.2) is 0 Å². The molecule has 1 aliphatic heterocycles. The molecule has 0 saturated heterocycles. The summed E-state index contributed by atoms with van der Waals surface area (Å²) in [4.78, 5) is 35.0. The predicted molar refractivity (Wildman–Crippen MR) is 94.1 cm³/mol. The Labute approximate surface area is 145 Å². The Bertz CT molecular complexity index is 828. The average Bonchev–Trinajstić information content (AvgIpc) is 2.79. The highest BCUT2D eigenvalue weighted by Crippen LogP contribution is 2.23. The number of hydrogen-bond donors (Lipinski definition) is 3. The van der Waals surface area contributed by atoms with Crippen LogP contribution in [0.25, 0.3) is 0 Å². The predicted octanol–water partition coefficient (Wildman–Crippen LogP) is 1.99. The lowest BCUT2D eigenvalue weighted by atomic mass is 10.0. The number of hydrogen-bond acceptors (Lipinski definition) is 3. The molecule has 0 aliphatic carbocycles. The third-order valence-corrected chi connectivity index (χ3v) is 4.18. The zero-order valence-electron chi connectivity index (χ0n) is 13.7. The lowest BCUT2D eigenvalue weighted by Crippen LogP contribution is -2.23. The molecule has 0 bridgehead atoms. The molecule has 2 aromatic carbocycles. The van der Waals surface area contributed by atoms with E-state index in [1.807, 2.05) is 6.07 Å². The van der Waals surface area contributed by atoms with E-state index in [1.54, 1.807) is 36.4 Å². The van der Waals surface area contributed by atoms with Crippen LogP contribution >= 0.6 is 0 Å². The van der Waals surface area contributed by atoms with Crippen molar-refractivity contribution in [3.63, 3.8) is 0 Å². The maximum atomic E-state index is 12.4. The summed E-state index contributed by atoms with van der Waals surface area (Å²) in [6.45, 7) is 0.353. The molecular formula is C19H19N3O3. The number of fused-ring (bicyclic) bond motifs is 1. The minimum atomic E-state index is -0.479. The molecule has 0 unspecified atom stereocenters. The molecule has 0 saturated carbocycles. The van der Waals surface area contributed by atoms with Crippen molar-refractivity contribution in [1.82, 2.24) is 5.32 Å². The van der Waals surface area contributed by atoms with E-state index >= 15 is 0 Å². The van der Waals surface area contributed by atoms with Crippen molar-refractivity contribution in [2.75, 3.05) is 5.32 Å². The second-order valence-corrected chi connectivity index (χ2v) is 6.02. The van der Waals surface area contributed by atoms with Gasteiger partial charge in [-0.05, 0) is 54.3 Å². The number of carbonyl (C=O) groups excluding carboxylic acids is 3. The summed E-state index contributed by atoms with van der Waals surface area (Å²) in [5.74, 6) is -0.652. The number of carbonyl (C=O) groups is 3. The molecule has 2 aromatic rings. The van der Waals surface area contributed by atoms with Gasteiger partial charge in [-0.3, -0.25) is 14.4 Å². The van der Waals surface area contributed by atoms with Crippen LogP contribution in [-0.2, 0) is 17.8 Å². The smallest absolute Gasteiger partial charge is 0.251 e. The lowest BCUT2D eigenvalue weighted by Gasteiger charge is -2.10. The largest absolute Gasteiger partial charge is 0.366 e. The van der Waals surface area contributed by atoms with Crippen molar-refractivity contribution < 1.29 is 14.4 Å². The van der Waals surface area contributed by atoms with Gasteiger partial charge >= 0.3 is 0 Å². The molecule has 128 valence electrons. The van der Waals surface area contributed by atoms with Crippen LogP contribution in [0.5, 0.6) is 0 Å². The van der Waals surface area contributed by atoms with E-state index in [0.29, 0.717) is 24.1 Å². The fourth-order valence-electron chi connectivity index (χ4n) is 2.79. The molecule has 25 heavy (non-hydrogen) atoms. The Morgan fingerprint density at radius 1 is 1.04 bits per heavy atom. The maximum Gasteiger partial charge on any atom is 0.251 e. The van der Waals surface area contributed by atoms with Crippen LogP contribution in [0.3, 0.4) is 0 Å². The topological polar surface area (TPSA) is 101 Å². The fraction of sp³-hybridized carbons (Fsp3) is 0.211. The van der Waals surface area contributed by atoms with Crippen molar-refractivity contribution >= 4 is 23.4 Å². The summed E-state index contributed by atoms with van der Waals surface area (Å²) in [5.41, 5.74) is 8.83.